The molecule has 3 rings (SSSR count). The van der Waals surface area contributed by atoms with Crippen molar-refractivity contribution in [1.82, 2.24) is 9.88 Å². The third-order valence-corrected chi connectivity index (χ3v) is 3.65. The first-order valence-electron chi connectivity index (χ1n) is 6.38. The van der Waals surface area contributed by atoms with Crippen LogP contribution in [0.1, 0.15) is 11.3 Å². The lowest BCUT2D eigenvalue weighted by molar-refractivity contribution is -0.0751. The topological polar surface area (TPSA) is 39.3 Å². The minimum Gasteiger partial charge on any atom is -0.390 e. The van der Waals surface area contributed by atoms with Gasteiger partial charge in [0, 0.05) is 29.7 Å². The summed E-state index contributed by atoms with van der Waals surface area (Å²) in [7, 11) is 0. The number of hydrogen-bond acceptors (Lipinski definition) is 2. The van der Waals surface area contributed by atoms with Crippen LogP contribution in [0, 0.1) is 0 Å². The molecule has 0 saturated heterocycles. The van der Waals surface area contributed by atoms with Crippen LogP contribution in [-0.4, -0.2) is 40.6 Å². The van der Waals surface area contributed by atoms with Crippen LogP contribution in [0.2, 0.25) is 0 Å². The van der Waals surface area contributed by atoms with Gasteiger partial charge in [-0.3, -0.25) is 4.90 Å². The van der Waals surface area contributed by atoms with E-state index < -0.39 is 19.1 Å². The van der Waals surface area contributed by atoms with Gasteiger partial charge in [-0.2, -0.15) is 0 Å². The number of H-pyrrole nitrogens is 1. The Morgan fingerprint density at radius 1 is 1.32 bits per heavy atom. The number of halogens is 2. The molecule has 1 aromatic heterocycles. The van der Waals surface area contributed by atoms with E-state index in [1.807, 2.05) is 18.2 Å². The highest BCUT2D eigenvalue weighted by atomic mass is 19.3. The summed E-state index contributed by atoms with van der Waals surface area (Å²) in [6.07, 6.45) is 0.765. The van der Waals surface area contributed by atoms with Crippen LogP contribution in [0.25, 0.3) is 10.9 Å². The van der Waals surface area contributed by atoms with E-state index in [2.05, 4.69) is 11.1 Å². The average Bonchev–Trinajstić information content (AvgIpc) is 2.75. The van der Waals surface area contributed by atoms with Crippen LogP contribution < -0.4 is 0 Å². The Labute approximate surface area is 109 Å². The fourth-order valence-corrected chi connectivity index (χ4v) is 2.76. The monoisotopic (exact) mass is 266 g/mol. The fourth-order valence-electron chi connectivity index (χ4n) is 2.76. The molecule has 0 spiro atoms. The zero-order valence-electron chi connectivity index (χ0n) is 10.5. The standard InChI is InChI=1S/C14H16F2N2O/c15-14(16,9-19)8-18-6-5-11-10-3-1-2-4-12(10)17-13(11)7-18/h1-4,17,19H,5-9H2. The number of fused-ring (bicyclic) bond motifs is 3. The highest BCUT2D eigenvalue weighted by molar-refractivity contribution is 5.84. The number of hydrogen-bond donors (Lipinski definition) is 2. The van der Waals surface area contributed by atoms with Crippen molar-refractivity contribution in [3.8, 4) is 0 Å². The van der Waals surface area contributed by atoms with Crippen LogP contribution in [0.15, 0.2) is 24.3 Å². The molecule has 5 heteroatoms. The van der Waals surface area contributed by atoms with Crippen molar-refractivity contribution in [1.29, 1.82) is 0 Å². The molecular formula is C14H16F2N2O. The molecule has 102 valence electrons. The van der Waals surface area contributed by atoms with E-state index in [1.165, 1.54) is 10.9 Å². The van der Waals surface area contributed by atoms with Crippen molar-refractivity contribution in [3.05, 3.63) is 35.5 Å². The predicted molar refractivity (Wildman–Crippen MR) is 69.3 cm³/mol. The van der Waals surface area contributed by atoms with Gasteiger partial charge in [0.15, 0.2) is 0 Å². The minimum atomic E-state index is -3.02. The maximum absolute atomic E-state index is 13.2. The number of nitrogens with one attached hydrogen (secondary N) is 1. The number of aromatic amines is 1. The van der Waals surface area contributed by atoms with E-state index in [9.17, 15) is 8.78 Å². The van der Waals surface area contributed by atoms with Crippen molar-refractivity contribution >= 4 is 10.9 Å². The zero-order valence-corrected chi connectivity index (χ0v) is 10.5. The lowest BCUT2D eigenvalue weighted by Gasteiger charge is -2.29. The van der Waals surface area contributed by atoms with Gasteiger partial charge in [0.25, 0.3) is 5.92 Å². The summed E-state index contributed by atoms with van der Waals surface area (Å²) in [6, 6.07) is 8.01. The number of nitrogens with zero attached hydrogens (tertiary/aromatic N) is 1. The Bertz CT molecular complexity index is 594. The van der Waals surface area contributed by atoms with Crippen LogP contribution in [0.3, 0.4) is 0 Å². The van der Waals surface area contributed by atoms with Gasteiger partial charge in [0.2, 0.25) is 0 Å². The fraction of sp³-hybridized carbons (Fsp3) is 0.429. The lowest BCUT2D eigenvalue weighted by Crippen LogP contribution is -2.41. The van der Waals surface area contributed by atoms with Crippen molar-refractivity contribution in [3.63, 3.8) is 0 Å². The summed E-state index contributed by atoms with van der Waals surface area (Å²) in [5, 5.41) is 9.84. The first-order valence-corrected chi connectivity index (χ1v) is 6.38. The first-order chi connectivity index (χ1) is 9.09. The molecule has 1 aliphatic heterocycles. The maximum Gasteiger partial charge on any atom is 0.283 e. The highest BCUT2D eigenvalue weighted by Crippen LogP contribution is 2.28. The molecule has 0 radical (unpaired) electrons. The quantitative estimate of drug-likeness (QED) is 0.893. The Hall–Kier alpha value is -1.46. The second kappa shape index (κ2) is 4.58. The number of rotatable bonds is 3. The van der Waals surface area contributed by atoms with E-state index >= 15 is 0 Å². The SMILES string of the molecule is OCC(F)(F)CN1CCc2c([nH]c3ccccc23)C1. The molecule has 0 fully saturated rings. The largest absolute Gasteiger partial charge is 0.390 e. The van der Waals surface area contributed by atoms with E-state index in [1.54, 1.807) is 4.90 Å². The average molecular weight is 266 g/mol. The number of alkyl halides is 2. The molecule has 2 heterocycles. The van der Waals surface area contributed by atoms with E-state index in [0.717, 1.165) is 17.6 Å². The smallest absolute Gasteiger partial charge is 0.283 e. The molecule has 0 saturated carbocycles. The van der Waals surface area contributed by atoms with E-state index in [-0.39, 0.29) is 0 Å². The van der Waals surface area contributed by atoms with E-state index in [4.69, 9.17) is 5.11 Å². The van der Waals surface area contributed by atoms with Crippen LogP contribution in [0.4, 0.5) is 8.78 Å². The summed E-state index contributed by atoms with van der Waals surface area (Å²) in [4.78, 5) is 4.99. The van der Waals surface area contributed by atoms with Crippen LogP contribution in [-0.2, 0) is 13.0 Å². The summed E-state index contributed by atoms with van der Waals surface area (Å²) in [5.41, 5.74) is 3.31. The lowest BCUT2D eigenvalue weighted by atomic mass is 10.0. The van der Waals surface area contributed by atoms with Gasteiger partial charge in [-0.25, -0.2) is 8.78 Å². The Morgan fingerprint density at radius 2 is 2.11 bits per heavy atom. The van der Waals surface area contributed by atoms with Crippen LogP contribution in [0.5, 0.6) is 0 Å². The maximum atomic E-state index is 13.2. The van der Waals surface area contributed by atoms with Crippen molar-refractivity contribution in [2.75, 3.05) is 19.7 Å². The summed E-state index contributed by atoms with van der Waals surface area (Å²) >= 11 is 0. The van der Waals surface area contributed by atoms with Crippen molar-refractivity contribution < 1.29 is 13.9 Å². The molecule has 0 aliphatic carbocycles. The molecule has 3 nitrogen and oxygen atoms in total. The molecule has 1 aliphatic rings. The Morgan fingerprint density at radius 3 is 2.89 bits per heavy atom. The number of benzene rings is 1. The zero-order chi connectivity index (χ0) is 13.5. The van der Waals surface area contributed by atoms with Gasteiger partial charge < -0.3 is 10.1 Å². The summed E-state index contributed by atoms with van der Waals surface area (Å²) in [5.74, 6) is -3.02. The Kier molecular flexibility index (Phi) is 3.03. The molecule has 0 bridgehead atoms. The van der Waals surface area contributed by atoms with Crippen molar-refractivity contribution in [2.45, 2.75) is 18.9 Å². The third-order valence-electron chi connectivity index (χ3n) is 3.65. The van der Waals surface area contributed by atoms with Gasteiger partial charge in [0.05, 0.1) is 6.54 Å². The number of aliphatic hydroxyl groups excluding tert-OH is 1. The van der Waals surface area contributed by atoms with Crippen molar-refractivity contribution in [2.24, 2.45) is 0 Å². The number of aromatic nitrogens is 1. The summed E-state index contributed by atoms with van der Waals surface area (Å²) < 4.78 is 26.4. The second-order valence-corrected chi connectivity index (χ2v) is 5.10. The molecule has 19 heavy (non-hydrogen) atoms. The highest BCUT2D eigenvalue weighted by Gasteiger charge is 2.32. The molecule has 2 N–H and O–H groups in total. The van der Waals surface area contributed by atoms with E-state index in [0.29, 0.717) is 13.1 Å². The third kappa shape index (κ3) is 2.35. The number of aliphatic hydroxyl groups is 1. The predicted octanol–water partition coefficient (Wildman–Crippen LogP) is 2.15. The summed E-state index contributed by atoms with van der Waals surface area (Å²) in [6.45, 7) is -0.397. The van der Waals surface area contributed by atoms with Gasteiger partial charge >= 0.3 is 0 Å². The van der Waals surface area contributed by atoms with Crippen LogP contribution >= 0.6 is 0 Å². The second-order valence-electron chi connectivity index (χ2n) is 5.10. The normalized spacial score (nSPS) is 16.8. The molecule has 0 atom stereocenters. The first kappa shape index (κ1) is 12.6. The van der Waals surface area contributed by atoms with Gasteiger partial charge in [0.1, 0.15) is 6.61 Å². The molecule has 0 unspecified atom stereocenters. The Balaban J connectivity index is 1.84. The molecular weight excluding hydrogens is 250 g/mol. The van der Waals surface area contributed by atoms with Gasteiger partial charge in [-0.15, -0.1) is 0 Å². The van der Waals surface area contributed by atoms with Gasteiger partial charge in [-0.05, 0) is 18.1 Å². The molecule has 0 amide bonds. The van der Waals surface area contributed by atoms with Gasteiger partial charge in [-0.1, -0.05) is 18.2 Å². The molecule has 1 aromatic carbocycles. The molecule has 2 aromatic rings. The number of para-hydroxylation sites is 1. The minimum absolute atomic E-state index is 0.391.